The fraction of sp³-hybridized carbons (Fsp3) is 0.0769. The second-order valence-electron chi connectivity index (χ2n) is 3.59. The van der Waals surface area contributed by atoms with E-state index in [9.17, 15) is 8.78 Å². The SMILES string of the molecule is Cc1cc(Br)ccc1Oc1ccc(F)cc1F. The van der Waals surface area contributed by atoms with E-state index in [2.05, 4.69) is 15.9 Å². The highest BCUT2D eigenvalue weighted by molar-refractivity contribution is 9.10. The molecule has 0 aromatic heterocycles. The molecule has 0 saturated carbocycles. The topological polar surface area (TPSA) is 9.23 Å². The first-order valence-electron chi connectivity index (χ1n) is 4.95. The minimum absolute atomic E-state index is 0.0109. The summed E-state index contributed by atoms with van der Waals surface area (Å²) in [5, 5.41) is 0. The van der Waals surface area contributed by atoms with Crippen LogP contribution in [0.4, 0.5) is 8.78 Å². The summed E-state index contributed by atoms with van der Waals surface area (Å²) in [6, 6.07) is 8.60. The minimum atomic E-state index is -0.715. The standard InChI is InChI=1S/C13H9BrF2O/c1-8-6-9(14)2-4-12(8)17-13-5-3-10(15)7-11(13)16/h2-7H,1H3. The van der Waals surface area contributed by atoms with Crippen molar-refractivity contribution in [3.8, 4) is 11.5 Å². The lowest BCUT2D eigenvalue weighted by atomic mass is 10.2. The molecule has 0 aliphatic carbocycles. The summed E-state index contributed by atoms with van der Waals surface area (Å²) >= 11 is 3.33. The van der Waals surface area contributed by atoms with Gasteiger partial charge in [0.25, 0.3) is 0 Å². The molecule has 0 atom stereocenters. The van der Waals surface area contributed by atoms with E-state index in [4.69, 9.17) is 4.74 Å². The van der Waals surface area contributed by atoms with Crippen LogP contribution in [0.15, 0.2) is 40.9 Å². The molecule has 0 N–H and O–H groups in total. The van der Waals surface area contributed by atoms with Crippen molar-refractivity contribution in [2.75, 3.05) is 0 Å². The first-order valence-corrected chi connectivity index (χ1v) is 5.74. The van der Waals surface area contributed by atoms with Crippen molar-refractivity contribution in [2.24, 2.45) is 0 Å². The molecule has 0 saturated heterocycles. The largest absolute Gasteiger partial charge is 0.454 e. The Morgan fingerprint density at radius 2 is 1.71 bits per heavy atom. The Hall–Kier alpha value is -1.42. The van der Waals surface area contributed by atoms with E-state index in [1.54, 1.807) is 12.1 Å². The zero-order valence-corrected chi connectivity index (χ0v) is 10.6. The number of hydrogen-bond donors (Lipinski definition) is 0. The molecule has 0 bridgehead atoms. The highest BCUT2D eigenvalue weighted by atomic mass is 79.9. The van der Waals surface area contributed by atoms with Crippen LogP contribution in [-0.2, 0) is 0 Å². The van der Waals surface area contributed by atoms with Crippen LogP contribution < -0.4 is 4.74 Å². The summed E-state index contributed by atoms with van der Waals surface area (Å²) in [6.07, 6.45) is 0. The van der Waals surface area contributed by atoms with Gasteiger partial charge in [0.05, 0.1) is 0 Å². The Labute approximate surface area is 106 Å². The molecule has 2 rings (SSSR count). The van der Waals surface area contributed by atoms with Crippen molar-refractivity contribution in [3.63, 3.8) is 0 Å². The van der Waals surface area contributed by atoms with E-state index >= 15 is 0 Å². The molecule has 0 amide bonds. The van der Waals surface area contributed by atoms with Gasteiger partial charge in [0, 0.05) is 10.5 Å². The predicted molar refractivity (Wildman–Crippen MR) is 65.3 cm³/mol. The van der Waals surface area contributed by atoms with Gasteiger partial charge in [-0.05, 0) is 42.8 Å². The third-order valence-electron chi connectivity index (χ3n) is 2.25. The molecular formula is C13H9BrF2O. The minimum Gasteiger partial charge on any atom is -0.454 e. The van der Waals surface area contributed by atoms with E-state index in [1.807, 2.05) is 13.0 Å². The second-order valence-corrected chi connectivity index (χ2v) is 4.50. The van der Waals surface area contributed by atoms with Crippen LogP contribution in [0.2, 0.25) is 0 Å². The Bertz CT molecular complexity index is 506. The van der Waals surface area contributed by atoms with Crippen LogP contribution in [0, 0.1) is 18.6 Å². The number of benzene rings is 2. The number of ether oxygens (including phenoxy) is 1. The molecule has 0 fully saturated rings. The summed E-state index contributed by atoms with van der Waals surface area (Å²) in [6.45, 7) is 1.85. The van der Waals surface area contributed by atoms with Gasteiger partial charge in [0.2, 0.25) is 0 Å². The fourth-order valence-electron chi connectivity index (χ4n) is 1.40. The van der Waals surface area contributed by atoms with Crippen LogP contribution in [0.1, 0.15) is 5.56 Å². The maximum absolute atomic E-state index is 13.4. The van der Waals surface area contributed by atoms with Gasteiger partial charge >= 0.3 is 0 Å². The smallest absolute Gasteiger partial charge is 0.168 e. The third-order valence-corrected chi connectivity index (χ3v) is 2.74. The van der Waals surface area contributed by atoms with E-state index in [-0.39, 0.29) is 5.75 Å². The lowest BCUT2D eigenvalue weighted by Gasteiger charge is -2.09. The molecule has 2 aromatic rings. The Morgan fingerprint density at radius 1 is 1.00 bits per heavy atom. The average Bonchev–Trinajstić information content (AvgIpc) is 2.25. The number of rotatable bonds is 2. The van der Waals surface area contributed by atoms with Gasteiger partial charge in [-0.1, -0.05) is 15.9 Å². The molecule has 0 unspecified atom stereocenters. The molecule has 0 heterocycles. The van der Waals surface area contributed by atoms with Crippen LogP contribution in [0.5, 0.6) is 11.5 Å². The van der Waals surface area contributed by atoms with Crippen molar-refractivity contribution >= 4 is 15.9 Å². The number of halogens is 3. The predicted octanol–water partition coefficient (Wildman–Crippen LogP) is 4.83. The number of aryl methyl sites for hydroxylation is 1. The third kappa shape index (κ3) is 2.82. The summed E-state index contributed by atoms with van der Waals surface area (Å²) in [7, 11) is 0. The van der Waals surface area contributed by atoms with Crippen LogP contribution in [0.25, 0.3) is 0 Å². The normalized spacial score (nSPS) is 10.4. The molecular weight excluding hydrogens is 290 g/mol. The van der Waals surface area contributed by atoms with E-state index in [0.717, 1.165) is 22.2 Å². The first kappa shape index (κ1) is 12.0. The molecule has 4 heteroatoms. The summed E-state index contributed by atoms with van der Waals surface area (Å²) < 4.78 is 32.4. The second kappa shape index (κ2) is 4.84. The number of hydrogen-bond acceptors (Lipinski definition) is 1. The lowest BCUT2D eigenvalue weighted by Crippen LogP contribution is -1.91. The summed E-state index contributed by atoms with van der Waals surface area (Å²) in [5.41, 5.74) is 0.864. The van der Waals surface area contributed by atoms with Gasteiger partial charge in [-0.2, -0.15) is 0 Å². The van der Waals surface area contributed by atoms with E-state index < -0.39 is 11.6 Å². The summed E-state index contributed by atoms with van der Waals surface area (Å²) in [4.78, 5) is 0. The molecule has 0 aliphatic heterocycles. The zero-order chi connectivity index (χ0) is 12.4. The van der Waals surface area contributed by atoms with Gasteiger partial charge in [0.15, 0.2) is 11.6 Å². The Morgan fingerprint density at radius 3 is 2.35 bits per heavy atom. The monoisotopic (exact) mass is 298 g/mol. The molecule has 0 aliphatic rings. The fourth-order valence-corrected chi connectivity index (χ4v) is 1.88. The maximum atomic E-state index is 13.4. The molecule has 88 valence electrons. The van der Waals surface area contributed by atoms with Crippen molar-refractivity contribution in [1.82, 2.24) is 0 Å². The quantitative estimate of drug-likeness (QED) is 0.772. The van der Waals surface area contributed by atoms with Gasteiger partial charge in [-0.25, -0.2) is 8.78 Å². The molecule has 0 spiro atoms. The van der Waals surface area contributed by atoms with Gasteiger partial charge in [-0.3, -0.25) is 0 Å². The van der Waals surface area contributed by atoms with Crippen molar-refractivity contribution in [1.29, 1.82) is 0 Å². The molecule has 2 aromatic carbocycles. The lowest BCUT2D eigenvalue weighted by molar-refractivity contribution is 0.435. The Balaban J connectivity index is 2.31. The van der Waals surface area contributed by atoms with Gasteiger partial charge < -0.3 is 4.74 Å². The van der Waals surface area contributed by atoms with E-state index in [1.165, 1.54) is 6.07 Å². The van der Waals surface area contributed by atoms with Crippen LogP contribution in [0.3, 0.4) is 0 Å². The van der Waals surface area contributed by atoms with Gasteiger partial charge in [0.1, 0.15) is 11.6 Å². The van der Waals surface area contributed by atoms with Crippen molar-refractivity contribution in [3.05, 3.63) is 58.1 Å². The van der Waals surface area contributed by atoms with Gasteiger partial charge in [-0.15, -0.1) is 0 Å². The zero-order valence-electron chi connectivity index (χ0n) is 9.01. The van der Waals surface area contributed by atoms with Crippen LogP contribution in [-0.4, -0.2) is 0 Å². The maximum Gasteiger partial charge on any atom is 0.168 e. The van der Waals surface area contributed by atoms with Crippen molar-refractivity contribution in [2.45, 2.75) is 6.92 Å². The molecule has 17 heavy (non-hydrogen) atoms. The molecule has 1 nitrogen and oxygen atoms in total. The highest BCUT2D eigenvalue weighted by Crippen LogP contribution is 2.29. The highest BCUT2D eigenvalue weighted by Gasteiger charge is 2.07. The average molecular weight is 299 g/mol. The van der Waals surface area contributed by atoms with Crippen molar-refractivity contribution < 1.29 is 13.5 Å². The molecule has 0 radical (unpaired) electrons. The Kier molecular flexibility index (Phi) is 3.43. The summed E-state index contributed by atoms with van der Waals surface area (Å²) in [5.74, 6) is -0.787. The first-order chi connectivity index (χ1) is 8.06. The van der Waals surface area contributed by atoms with Crippen LogP contribution >= 0.6 is 15.9 Å². The van der Waals surface area contributed by atoms with E-state index in [0.29, 0.717) is 5.75 Å².